The molecule has 26 heavy (non-hydrogen) atoms. The molecule has 0 bridgehead atoms. The second kappa shape index (κ2) is 6.60. The summed E-state index contributed by atoms with van der Waals surface area (Å²) in [5.41, 5.74) is 1.83. The molecule has 0 amide bonds. The monoisotopic (exact) mass is 353 g/mol. The Bertz CT molecular complexity index is 947. The zero-order valence-corrected chi connectivity index (χ0v) is 14.3. The smallest absolute Gasteiger partial charge is 0.311 e. The number of nitrogens with zero attached hydrogens (tertiary/aromatic N) is 5. The minimum Gasteiger partial charge on any atom is -0.348 e. The van der Waals surface area contributed by atoms with E-state index < -0.39 is 0 Å². The second-order valence-electron chi connectivity index (χ2n) is 6.38. The SMILES string of the molecule is CN1CCN(c2nc(Nc3ccc4[nH]ncc4c3)ccc2[N+](=O)[O-])CC1. The topological polar surface area (TPSA) is 103 Å². The van der Waals surface area contributed by atoms with Crippen LogP contribution < -0.4 is 10.2 Å². The van der Waals surface area contributed by atoms with Crippen molar-refractivity contribution < 1.29 is 4.92 Å². The number of fused-ring (bicyclic) bond motifs is 1. The third-order valence-corrected chi connectivity index (χ3v) is 4.57. The van der Waals surface area contributed by atoms with Gasteiger partial charge in [0.1, 0.15) is 5.82 Å². The molecule has 0 radical (unpaired) electrons. The number of hydrogen-bond donors (Lipinski definition) is 2. The lowest BCUT2D eigenvalue weighted by Gasteiger charge is -2.32. The Balaban J connectivity index is 1.64. The summed E-state index contributed by atoms with van der Waals surface area (Å²) in [5, 5.41) is 22.5. The molecule has 0 aliphatic carbocycles. The van der Waals surface area contributed by atoms with Gasteiger partial charge >= 0.3 is 5.69 Å². The predicted molar refractivity (Wildman–Crippen MR) is 100.0 cm³/mol. The molecule has 3 heterocycles. The van der Waals surface area contributed by atoms with E-state index in [2.05, 4.69) is 25.4 Å². The van der Waals surface area contributed by atoms with Crippen LogP contribution in [0.15, 0.2) is 36.5 Å². The molecular formula is C17H19N7O2. The normalized spacial score (nSPS) is 15.3. The maximum absolute atomic E-state index is 11.4. The fourth-order valence-corrected chi connectivity index (χ4v) is 3.07. The van der Waals surface area contributed by atoms with Crippen molar-refractivity contribution in [2.45, 2.75) is 0 Å². The van der Waals surface area contributed by atoms with Gasteiger partial charge in [-0.05, 0) is 31.3 Å². The van der Waals surface area contributed by atoms with Gasteiger partial charge in [-0.25, -0.2) is 4.98 Å². The number of anilines is 3. The van der Waals surface area contributed by atoms with Gasteiger partial charge in [-0.15, -0.1) is 0 Å². The zero-order chi connectivity index (χ0) is 18.1. The van der Waals surface area contributed by atoms with E-state index in [-0.39, 0.29) is 10.6 Å². The molecule has 2 aromatic heterocycles. The number of rotatable bonds is 4. The van der Waals surface area contributed by atoms with Crippen LogP contribution in [0.3, 0.4) is 0 Å². The van der Waals surface area contributed by atoms with Crippen molar-refractivity contribution in [1.29, 1.82) is 0 Å². The highest BCUT2D eigenvalue weighted by Gasteiger charge is 2.24. The molecule has 2 N–H and O–H groups in total. The van der Waals surface area contributed by atoms with Crippen molar-refractivity contribution >= 4 is 33.9 Å². The Kier molecular flexibility index (Phi) is 4.13. The van der Waals surface area contributed by atoms with Crippen LogP contribution in [-0.2, 0) is 0 Å². The van der Waals surface area contributed by atoms with E-state index in [9.17, 15) is 10.1 Å². The minimum absolute atomic E-state index is 0.0328. The molecule has 9 nitrogen and oxygen atoms in total. The molecule has 1 aliphatic heterocycles. The summed E-state index contributed by atoms with van der Waals surface area (Å²) < 4.78 is 0. The van der Waals surface area contributed by atoms with E-state index >= 15 is 0 Å². The summed E-state index contributed by atoms with van der Waals surface area (Å²) in [5.74, 6) is 0.991. The Hall–Kier alpha value is -3.20. The highest BCUT2D eigenvalue weighted by molar-refractivity contribution is 5.82. The fraction of sp³-hybridized carbons (Fsp3) is 0.294. The number of likely N-dealkylation sites (N-methyl/N-ethyl adjacent to an activating group) is 1. The number of aromatic amines is 1. The summed E-state index contributed by atoms with van der Waals surface area (Å²) in [6.45, 7) is 3.14. The van der Waals surface area contributed by atoms with Crippen LogP contribution in [0.5, 0.6) is 0 Å². The molecule has 0 atom stereocenters. The van der Waals surface area contributed by atoms with Gasteiger partial charge in [0, 0.05) is 43.3 Å². The molecule has 9 heteroatoms. The number of nitro groups is 1. The molecule has 0 spiro atoms. The number of piperazine rings is 1. The van der Waals surface area contributed by atoms with Crippen molar-refractivity contribution in [3.63, 3.8) is 0 Å². The van der Waals surface area contributed by atoms with E-state index in [1.54, 1.807) is 12.3 Å². The van der Waals surface area contributed by atoms with Crippen molar-refractivity contribution in [2.24, 2.45) is 0 Å². The van der Waals surface area contributed by atoms with Crippen LogP contribution >= 0.6 is 0 Å². The van der Waals surface area contributed by atoms with E-state index in [0.29, 0.717) is 11.6 Å². The lowest BCUT2D eigenvalue weighted by molar-refractivity contribution is -0.384. The Labute approximate surface area is 149 Å². The highest BCUT2D eigenvalue weighted by atomic mass is 16.6. The Morgan fingerprint density at radius 2 is 2.00 bits per heavy atom. The maximum atomic E-state index is 11.4. The van der Waals surface area contributed by atoms with Crippen molar-refractivity contribution in [1.82, 2.24) is 20.1 Å². The molecule has 134 valence electrons. The average molecular weight is 353 g/mol. The summed E-state index contributed by atoms with van der Waals surface area (Å²) in [7, 11) is 2.04. The molecule has 4 rings (SSSR count). The molecule has 0 saturated carbocycles. The van der Waals surface area contributed by atoms with Crippen LogP contribution in [0.1, 0.15) is 0 Å². The van der Waals surface area contributed by atoms with Crippen LogP contribution in [0.2, 0.25) is 0 Å². The first-order chi connectivity index (χ1) is 12.6. The van der Waals surface area contributed by atoms with Gasteiger partial charge < -0.3 is 15.1 Å². The van der Waals surface area contributed by atoms with E-state index in [4.69, 9.17) is 0 Å². The van der Waals surface area contributed by atoms with Gasteiger partial charge in [0.25, 0.3) is 0 Å². The number of hydrogen-bond acceptors (Lipinski definition) is 7. The van der Waals surface area contributed by atoms with Crippen LogP contribution in [0, 0.1) is 10.1 Å². The molecule has 0 unspecified atom stereocenters. The molecule has 3 aromatic rings. The second-order valence-corrected chi connectivity index (χ2v) is 6.38. The molecule has 1 fully saturated rings. The van der Waals surface area contributed by atoms with Crippen molar-refractivity contribution in [2.75, 3.05) is 43.4 Å². The maximum Gasteiger partial charge on any atom is 0.311 e. The van der Waals surface area contributed by atoms with Gasteiger partial charge in [0.2, 0.25) is 5.82 Å². The Morgan fingerprint density at radius 1 is 1.19 bits per heavy atom. The third kappa shape index (κ3) is 3.16. The number of nitrogens with one attached hydrogen (secondary N) is 2. The summed E-state index contributed by atoms with van der Waals surface area (Å²) in [6, 6.07) is 8.95. The van der Waals surface area contributed by atoms with Crippen LogP contribution in [0.4, 0.5) is 23.0 Å². The van der Waals surface area contributed by atoms with E-state index in [1.165, 1.54) is 6.07 Å². The fourth-order valence-electron chi connectivity index (χ4n) is 3.07. The van der Waals surface area contributed by atoms with Gasteiger partial charge in [-0.2, -0.15) is 5.10 Å². The van der Waals surface area contributed by atoms with E-state index in [1.807, 2.05) is 30.1 Å². The molecule has 1 saturated heterocycles. The van der Waals surface area contributed by atoms with Gasteiger partial charge in [-0.3, -0.25) is 15.2 Å². The van der Waals surface area contributed by atoms with Gasteiger partial charge in [0.15, 0.2) is 0 Å². The first-order valence-corrected chi connectivity index (χ1v) is 8.39. The van der Waals surface area contributed by atoms with Gasteiger partial charge in [0.05, 0.1) is 16.6 Å². The van der Waals surface area contributed by atoms with Gasteiger partial charge in [-0.1, -0.05) is 0 Å². The molecular weight excluding hydrogens is 334 g/mol. The van der Waals surface area contributed by atoms with Crippen molar-refractivity contribution in [3.8, 4) is 0 Å². The zero-order valence-electron chi connectivity index (χ0n) is 14.3. The lowest BCUT2D eigenvalue weighted by Crippen LogP contribution is -2.45. The average Bonchev–Trinajstić information content (AvgIpc) is 3.10. The first-order valence-electron chi connectivity index (χ1n) is 8.39. The predicted octanol–water partition coefficient (Wildman–Crippen LogP) is 2.36. The lowest BCUT2D eigenvalue weighted by atomic mass is 10.2. The van der Waals surface area contributed by atoms with Crippen LogP contribution in [-0.4, -0.2) is 58.2 Å². The summed E-state index contributed by atoms with van der Waals surface area (Å²) in [4.78, 5) is 19.8. The largest absolute Gasteiger partial charge is 0.348 e. The van der Waals surface area contributed by atoms with E-state index in [0.717, 1.165) is 42.8 Å². The van der Waals surface area contributed by atoms with Crippen LogP contribution in [0.25, 0.3) is 10.9 Å². The standard InChI is InChI=1S/C17H19N7O2/c1-22-6-8-23(9-7-22)17-15(24(25)26)4-5-16(20-17)19-13-2-3-14-12(10-13)11-18-21-14/h2-5,10-11H,6-9H2,1H3,(H,18,21)(H,19,20). The third-order valence-electron chi connectivity index (χ3n) is 4.57. The van der Waals surface area contributed by atoms with Crippen molar-refractivity contribution in [3.05, 3.63) is 46.6 Å². The summed E-state index contributed by atoms with van der Waals surface area (Å²) in [6.07, 6.45) is 1.75. The number of aromatic nitrogens is 3. The molecule has 1 aliphatic rings. The Morgan fingerprint density at radius 3 is 2.77 bits per heavy atom. The number of benzene rings is 1. The quantitative estimate of drug-likeness (QED) is 0.548. The number of H-pyrrole nitrogens is 1. The highest BCUT2D eigenvalue weighted by Crippen LogP contribution is 2.30. The number of pyridine rings is 1. The first kappa shape index (κ1) is 16.3. The minimum atomic E-state index is -0.373. The summed E-state index contributed by atoms with van der Waals surface area (Å²) >= 11 is 0. The molecule has 1 aromatic carbocycles.